The number of nitrogens with one attached hydrogen (secondary N) is 7. The first-order valence-electron chi connectivity index (χ1n) is 29.7. The Morgan fingerprint density at radius 1 is 0.667 bits per heavy atom. The van der Waals surface area contributed by atoms with Crippen LogP contribution in [0.15, 0.2) is 65.3 Å². The van der Waals surface area contributed by atoms with Crippen molar-refractivity contribution in [3.05, 3.63) is 106 Å². The van der Waals surface area contributed by atoms with E-state index in [1.807, 2.05) is 37.4 Å². The van der Waals surface area contributed by atoms with Gasteiger partial charge >= 0.3 is 0 Å². The van der Waals surface area contributed by atoms with Crippen LogP contribution in [-0.4, -0.2) is 140 Å². The van der Waals surface area contributed by atoms with E-state index >= 15 is 4.39 Å². The second-order valence-electron chi connectivity index (χ2n) is 22.4. The van der Waals surface area contributed by atoms with Gasteiger partial charge in [0, 0.05) is 130 Å². The first kappa shape index (κ1) is 56.4. The number of benzene rings is 3. The van der Waals surface area contributed by atoms with E-state index in [4.69, 9.17) is 38.3 Å². The molecule has 12 rings (SSSR count). The monoisotopic (exact) mass is 1150 g/mol. The number of anilines is 9. The Hall–Kier alpha value is -8.08. The zero-order valence-corrected chi connectivity index (χ0v) is 48.4. The molecule has 0 spiro atoms. The molecule has 4 aromatic heterocycles. The zero-order valence-electron chi connectivity index (χ0n) is 48.4. The molecule has 5 aliphatic rings. The highest BCUT2D eigenvalue weighted by Crippen LogP contribution is 2.42. The van der Waals surface area contributed by atoms with Crippen molar-refractivity contribution in [3.8, 4) is 23.0 Å². The summed E-state index contributed by atoms with van der Waals surface area (Å²) in [6.45, 7) is 11.2. The summed E-state index contributed by atoms with van der Waals surface area (Å²) in [4.78, 5) is 32.6. The molecule has 2 atom stereocenters. The van der Waals surface area contributed by atoms with Crippen LogP contribution in [-0.2, 0) is 25.7 Å². The number of rotatable bonds is 24. The first-order valence-corrected chi connectivity index (χ1v) is 29.7. The summed E-state index contributed by atoms with van der Waals surface area (Å²) in [6, 6.07) is 16.1. The number of nitrogens with zero attached hydrogens (tertiary/aromatic N) is 8. The van der Waals surface area contributed by atoms with E-state index in [1.54, 1.807) is 27.3 Å². The summed E-state index contributed by atoms with van der Waals surface area (Å²) < 4.78 is 61.2. The number of furan rings is 1. The van der Waals surface area contributed by atoms with E-state index in [2.05, 4.69) is 86.2 Å². The molecule has 0 aliphatic carbocycles. The second kappa shape index (κ2) is 25.8. The van der Waals surface area contributed by atoms with Crippen LogP contribution in [0.5, 0.6) is 23.0 Å². The Labute approximate surface area is 488 Å². The van der Waals surface area contributed by atoms with Gasteiger partial charge in [0.2, 0.25) is 17.8 Å². The average molecular weight is 1150 g/mol. The van der Waals surface area contributed by atoms with Crippen molar-refractivity contribution in [2.45, 2.75) is 71.1 Å². The Kier molecular flexibility index (Phi) is 17.3. The minimum Gasteiger partial charge on any atom is -0.492 e. The molecule has 2 saturated heterocycles. The highest BCUT2D eigenvalue weighted by molar-refractivity contribution is 5.88. The zero-order chi connectivity index (χ0) is 57.5. The lowest BCUT2D eigenvalue weighted by Gasteiger charge is -2.18. The number of likely N-dealkylation sites (tertiary alicyclic amines) is 2. The van der Waals surface area contributed by atoms with Crippen LogP contribution in [0, 0.1) is 30.4 Å². The number of hydrogen-bond donors (Lipinski definition) is 7. The number of halogens is 2. The summed E-state index contributed by atoms with van der Waals surface area (Å²) in [5.74, 6) is 4.97. The summed E-state index contributed by atoms with van der Waals surface area (Å²) in [7, 11) is 5.19. The lowest BCUT2D eigenvalue weighted by Crippen LogP contribution is -2.24. The van der Waals surface area contributed by atoms with Crippen molar-refractivity contribution in [1.82, 2.24) is 45.0 Å². The van der Waals surface area contributed by atoms with Crippen LogP contribution in [0.25, 0.3) is 16.5 Å². The SMILES string of the molecule is CNc1cc(CC2CCN(CCCOc3cc(Nc4nc(CC5CCN(CCCOc6cc(Nc7nc(C)c(F)c(NC)n7)cc7c6OCC7)C5)c(F)c(NC)n4)cc4ccoc34)C2)nc(Nc2cc3c(c(C4=CCNCCC4)c2)OCC3)n1. The Morgan fingerprint density at radius 3 is 2.05 bits per heavy atom. The molecule has 0 radical (unpaired) electrons. The van der Waals surface area contributed by atoms with Crippen LogP contribution in [0.4, 0.5) is 61.1 Å². The maximum absolute atomic E-state index is 16.0. The number of hydrogen-bond acceptors (Lipinski definition) is 20. The molecule has 22 heteroatoms. The van der Waals surface area contributed by atoms with Crippen LogP contribution < -0.4 is 56.2 Å². The maximum atomic E-state index is 16.0. The number of allylic oxidation sites excluding steroid dienone is 1. The predicted octanol–water partition coefficient (Wildman–Crippen LogP) is 10.0. The fourth-order valence-electron chi connectivity index (χ4n) is 12.2. The Bertz CT molecular complexity index is 3530. The van der Waals surface area contributed by atoms with Crippen molar-refractivity contribution >= 4 is 68.9 Å². The van der Waals surface area contributed by atoms with Gasteiger partial charge in [-0.05, 0) is 126 Å². The molecule has 2 fully saturated rings. The van der Waals surface area contributed by atoms with E-state index < -0.39 is 11.6 Å². The topological polar surface area (TPSA) is 218 Å². The first-order chi connectivity index (χ1) is 41.1. The largest absolute Gasteiger partial charge is 0.492 e. The molecular weight excluding hydrogens is 1070 g/mol. The number of fused-ring (bicyclic) bond motifs is 3. The lowest BCUT2D eigenvalue weighted by atomic mass is 9.97. The molecule has 0 saturated carbocycles. The lowest BCUT2D eigenvalue weighted by molar-refractivity contribution is 0.248. The third-order valence-corrected chi connectivity index (χ3v) is 16.4. The maximum Gasteiger partial charge on any atom is 0.229 e. The molecular formula is C62H75F2N15O5. The van der Waals surface area contributed by atoms with Gasteiger partial charge in [-0.25, -0.2) is 23.7 Å². The second-order valence-corrected chi connectivity index (χ2v) is 22.4. The molecule has 20 nitrogen and oxygen atoms in total. The van der Waals surface area contributed by atoms with Gasteiger partial charge in [0.1, 0.15) is 11.6 Å². The van der Waals surface area contributed by atoms with Crippen LogP contribution in [0.3, 0.4) is 0 Å². The number of ether oxygens (including phenoxy) is 4. The normalized spacial score (nSPS) is 17.7. The number of aryl methyl sites for hydroxylation is 1. The van der Waals surface area contributed by atoms with Gasteiger partial charge < -0.3 is 70.4 Å². The van der Waals surface area contributed by atoms with E-state index in [9.17, 15) is 4.39 Å². The summed E-state index contributed by atoms with van der Waals surface area (Å²) in [6.07, 6.45) is 12.7. The Balaban J connectivity index is 0.616. The smallest absolute Gasteiger partial charge is 0.229 e. The van der Waals surface area contributed by atoms with E-state index in [0.717, 1.165) is 155 Å². The molecule has 5 aliphatic heterocycles. The van der Waals surface area contributed by atoms with Crippen LogP contribution in [0.2, 0.25) is 0 Å². The van der Waals surface area contributed by atoms with Crippen LogP contribution >= 0.6 is 0 Å². The van der Waals surface area contributed by atoms with Gasteiger partial charge in [0.15, 0.2) is 46.1 Å². The summed E-state index contributed by atoms with van der Waals surface area (Å²) >= 11 is 0. The van der Waals surface area contributed by atoms with E-state index in [-0.39, 0.29) is 29.2 Å². The molecule has 0 amide bonds. The van der Waals surface area contributed by atoms with Gasteiger partial charge in [0.05, 0.1) is 44.1 Å². The standard InChI is InChI=1S/C62H75F2N15O5/c1-37-53(63)58(66-3)76-60(69-37)72-46-29-42-13-24-83-56(42)50(32-46)80-22-7-18-79-20-11-39(36-79)27-49-54(64)59(67-4)77-62(74-49)73-47-30-43-14-25-84-57(43)51(33-47)81-21-6-17-78-19-10-38(35-78)26-44-34-52(65-2)75-61(70-44)71-45-28-41-12-23-82-55(41)48(31-45)40-8-5-15-68-16-9-40/h9,14,25,28-34,38-39,68H,5-8,10-13,15-24,26-27,35-36H2,1-4H3,(H2,65,70,71,75)(H2,66,69,72,76)(H2,67,73,74,77). The van der Waals surface area contributed by atoms with Gasteiger partial charge in [-0.1, -0.05) is 6.08 Å². The van der Waals surface area contributed by atoms with Gasteiger partial charge in [-0.15, -0.1) is 0 Å². The van der Waals surface area contributed by atoms with Gasteiger partial charge in [-0.2, -0.15) is 15.0 Å². The minimum absolute atomic E-state index is 0.124. The molecule has 7 aromatic rings. The molecule has 3 aromatic carbocycles. The Morgan fingerprint density at radius 2 is 1.31 bits per heavy atom. The minimum atomic E-state index is -0.484. The third-order valence-electron chi connectivity index (χ3n) is 16.4. The predicted molar refractivity (Wildman–Crippen MR) is 324 cm³/mol. The molecule has 9 heterocycles. The highest BCUT2D eigenvalue weighted by atomic mass is 19.1. The third kappa shape index (κ3) is 13.1. The molecule has 0 bridgehead atoms. The fraction of sp³-hybridized carbons (Fsp3) is 0.452. The van der Waals surface area contributed by atoms with Gasteiger partial charge in [-0.3, -0.25) is 0 Å². The molecule has 7 N–H and O–H groups in total. The quantitative estimate of drug-likeness (QED) is 0.0280. The summed E-state index contributed by atoms with van der Waals surface area (Å²) in [5, 5.41) is 23.4. The summed E-state index contributed by atoms with van der Waals surface area (Å²) in [5.41, 5.74) is 9.43. The average Bonchev–Trinajstić information content (AvgIpc) is 3.62. The van der Waals surface area contributed by atoms with Crippen molar-refractivity contribution < 1.29 is 32.1 Å². The van der Waals surface area contributed by atoms with Crippen molar-refractivity contribution in [2.24, 2.45) is 11.8 Å². The van der Waals surface area contributed by atoms with Crippen molar-refractivity contribution in [2.75, 3.05) is 132 Å². The molecule has 84 heavy (non-hydrogen) atoms. The van der Waals surface area contributed by atoms with Crippen molar-refractivity contribution in [1.29, 1.82) is 0 Å². The van der Waals surface area contributed by atoms with E-state index in [1.165, 1.54) is 16.7 Å². The molecule has 442 valence electrons. The highest BCUT2D eigenvalue weighted by Gasteiger charge is 2.28. The number of aromatic nitrogens is 6. The fourth-order valence-corrected chi connectivity index (χ4v) is 12.2. The van der Waals surface area contributed by atoms with Gasteiger partial charge in [0.25, 0.3) is 0 Å². The molecule has 2 unspecified atom stereocenters. The van der Waals surface area contributed by atoms with Crippen molar-refractivity contribution in [3.63, 3.8) is 0 Å². The van der Waals surface area contributed by atoms with E-state index in [0.29, 0.717) is 79.1 Å². The van der Waals surface area contributed by atoms with Crippen LogP contribution in [0.1, 0.15) is 72.3 Å².